The van der Waals surface area contributed by atoms with E-state index in [9.17, 15) is 0 Å². The van der Waals surface area contributed by atoms with Crippen LogP contribution in [0.1, 0.15) is 27.7 Å². The molecule has 19 heavy (non-hydrogen) atoms. The van der Waals surface area contributed by atoms with Crippen LogP contribution in [0.25, 0.3) is 0 Å². The van der Waals surface area contributed by atoms with E-state index in [4.69, 9.17) is 9.31 Å². The van der Waals surface area contributed by atoms with E-state index >= 15 is 0 Å². The van der Waals surface area contributed by atoms with E-state index in [2.05, 4.69) is 44.1 Å². The van der Waals surface area contributed by atoms with Crippen molar-refractivity contribution >= 4 is 30.0 Å². The van der Waals surface area contributed by atoms with Crippen molar-refractivity contribution in [2.75, 3.05) is 17.6 Å². The van der Waals surface area contributed by atoms with Crippen molar-refractivity contribution in [1.29, 1.82) is 0 Å². The zero-order valence-electron chi connectivity index (χ0n) is 11.8. The fourth-order valence-corrected chi connectivity index (χ4v) is 2.96. The molecular formula is C13H19BN2O2S. The zero-order chi connectivity index (χ0) is 13.7. The average Bonchev–Trinajstić information content (AvgIpc) is 2.58. The topological polar surface area (TPSA) is 43.4 Å². The van der Waals surface area contributed by atoms with Crippen molar-refractivity contribution < 1.29 is 9.31 Å². The number of hydrogen-bond donors (Lipinski definition) is 1. The van der Waals surface area contributed by atoms with Crippen LogP contribution in [-0.4, -0.2) is 35.6 Å². The Hall–Kier alpha value is -0.715. The SMILES string of the molecule is CC1(C)OB(c2cnc3c(c2)NCCS3)OC1(C)C. The highest BCUT2D eigenvalue weighted by Gasteiger charge is 2.51. The summed E-state index contributed by atoms with van der Waals surface area (Å²) >= 11 is 1.78. The highest BCUT2D eigenvalue weighted by Crippen LogP contribution is 2.37. The molecule has 1 aromatic rings. The van der Waals surface area contributed by atoms with E-state index < -0.39 is 0 Å². The molecule has 4 nitrogen and oxygen atoms in total. The van der Waals surface area contributed by atoms with Crippen molar-refractivity contribution in [3.05, 3.63) is 12.3 Å². The van der Waals surface area contributed by atoms with Gasteiger partial charge in [-0.25, -0.2) is 4.98 Å². The molecule has 0 radical (unpaired) electrons. The van der Waals surface area contributed by atoms with Crippen LogP contribution in [0.4, 0.5) is 5.69 Å². The fourth-order valence-electron chi connectivity index (χ4n) is 2.15. The molecule has 0 unspecified atom stereocenters. The van der Waals surface area contributed by atoms with Crippen LogP contribution in [0.15, 0.2) is 17.3 Å². The monoisotopic (exact) mass is 278 g/mol. The van der Waals surface area contributed by atoms with Gasteiger partial charge in [-0.1, -0.05) is 0 Å². The maximum atomic E-state index is 6.04. The van der Waals surface area contributed by atoms with E-state index in [0.29, 0.717) is 0 Å². The smallest absolute Gasteiger partial charge is 0.399 e. The Labute approximate surface area is 118 Å². The number of hydrogen-bond acceptors (Lipinski definition) is 5. The minimum Gasteiger partial charge on any atom is -0.399 e. The van der Waals surface area contributed by atoms with Gasteiger partial charge in [-0.2, -0.15) is 0 Å². The lowest BCUT2D eigenvalue weighted by Gasteiger charge is -2.32. The molecule has 1 fully saturated rings. The van der Waals surface area contributed by atoms with Crippen LogP contribution in [0.3, 0.4) is 0 Å². The van der Waals surface area contributed by atoms with Gasteiger partial charge in [0.05, 0.1) is 16.9 Å². The summed E-state index contributed by atoms with van der Waals surface area (Å²) in [4.78, 5) is 4.50. The lowest BCUT2D eigenvalue weighted by atomic mass is 9.80. The first-order chi connectivity index (χ1) is 8.89. The highest BCUT2D eigenvalue weighted by molar-refractivity contribution is 7.99. The summed E-state index contributed by atoms with van der Waals surface area (Å²) in [5.41, 5.74) is 1.45. The quantitative estimate of drug-likeness (QED) is 0.795. The molecule has 3 heterocycles. The normalized spacial score (nSPS) is 23.9. The minimum atomic E-state index is -0.337. The summed E-state index contributed by atoms with van der Waals surface area (Å²) in [5, 5.41) is 4.44. The molecule has 0 saturated carbocycles. The predicted octanol–water partition coefficient (Wildman–Crippen LogP) is 1.90. The van der Waals surface area contributed by atoms with Crippen LogP contribution >= 0.6 is 11.8 Å². The maximum Gasteiger partial charge on any atom is 0.496 e. The first-order valence-electron chi connectivity index (χ1n) is 6.61. The highest BCUT2D eigenvalue weighted by atomic mass is 32.2. The molecule has 1 N–H and O–H groups in total. The first kappa shape index (κ1) is 13.3. The molecular weight excluding hydrogens is 259 g/mol. The summed E-state index contributed by atoms with van der Waals surface area (Å²) in [5.74, 6) is 1.07. The second-order valence-corrected chi connectivity index (χ2v) is 7.07. The molecule has 0 amide bonds. The minimum absolute atomic E-state index is 0.310. The van der Waals surface area contributed by atoms with Crippen LogP contribution in [0.5, 0.6) is 0 Å². The van der Waals surface area contributed by atoms with Crippen molar-refractivity contribution in [2.45, 2.75) is 43.9 Å². The van der Waals surface area contributed by atoms with Crippen molar-refractivity contribution in [1.82, 2.24) is 4.98 Å². The van der Waals surface area contributed by atoms with Gasteiger partial charge in [-0.15, -0.1) is 11.8 Å². The van der Waals surface area contributed by atoms with Crippen molar-refractivity contribution in [3.8, 4) is 0 Å². The predicted molar refractivity (Wildman–Crippen MR) is 79.2 cm³/mol. The van der Waals surface area contributed by atoms with E-state index in [1.54, 1.807) is 11.8 Å². The molecule has 1 aromatic heterocycles. The molecule has 0 bridgehead atoms. The lowest BCUT2D eigenvalue weighted by Crippen LogP contribution is -2.41. The summed E-state index contributed by atoms with van der Waals surface area (Å²) in [6, 6.07) is 2.09. The van der Waals surface area contributed by atoms with Gasteiger partial charge in [-0.3, -0.25) is 0 Å². The molecule has 0 aromatic carbocycles. The summed E-state index contributed by atoms with van der Waals surface area (Å²) in [6.07, 6.45) is 1.86. The number of thioether (sulfide) groups is 1. The Morgan fingerprint density at radius 1 is 1.26 bits per heavy atom. The van der Waals surface area contributed by atoms with E-state index in [1.165, 1.54) is 0 Å². The van der Waals surface area contributed by atoms with Crippen LogP contribution in [-0.2, 0) is 9.31 Å². The zero-order valence-corrected chi connectivity index (χ0v) is 12.6. The standard InChI is InChI=1S/C13H19BN2O2S/c1-12(2)13(3,4)18-14(17-12)9-7-10-11(16-8-9)19-6-5-15-10/h7-8,15H,5-6H2,1-4H3. The molecule has 0 atom stereocenters. The van der Waals surface area contributed by atoms with Crippen LogP contribution < -0.4 is 10.8 Å². The van der Waals surface area contributed by atoms with Gasteiger partial charge in [0, 0.05) is 24.0 Å². The Kier molecular flexibility index (Phi) is 3.07. The van der Waals surface area contributed by atoms with E-state index in [-0.39, 0.29) is 18.3 Å². The van der Waals surface area contributed by atoms with Gasteiger partial charge in [0.1, 0.15) is 5.03 Å². The van der Waals surface area contributed by atoms with Gasteiger partial charge < -0.3 is 14.6 Å². The Morgan fingerprint density at radius 2 is 1.95 bits per heavy atom. The number of nitrogens with zero attached hydrogens (tertiary/aromatic N) is 1. The number of aromatic nitrogens is 1. The number of pyridine rings is 1. The number of nitrogens with one attached hydrogen (secondary N) is 1. The molecule has 1 saturated heterocycles. The van der Waals surface area contributed by atoms with Gasteiger partial charge in [-0.05, 0) is 33.8 Å². The van der Waals surface area contributed by atoms with Gasteiger partial charge in [0.2, 0.25) is 0 Å². The number of rotatable bonds is 1. The molecule has 3 rings (SSSR count). The summed E-state index contributed by atoms with van der Waals surface area (Å²) in [6.45, 7) is 9.23. The lowest BCUT2D eigenvalue weighted by molar-refractivity contribution is 0.00578. The molecule has 2 aliphatic rings. The second-order valence-electron chi connectivity index (χ2n) is 5.98. The fraction of sp³-hybridized carbons (Fsp3) is 0.615. The Morgan fingerprint density at radius 3 is 2.63 bits per heavy atom. The number of anilines is 1. The van der Waals surface area contributed by atoms with E-state index in [1.807, 2.05) is 6.20 Å². The molecule has 0 spiro atoms. The molecule has 102 valence electrons. The molecule has 2 aliphatic heterocycles. The summed E-state index contributed by atoms with van der Waals surface area (Å²) < 4.78 is 12.1. The third-order valence-electron chi connectivity index (χ3n) is 4.05. The van der Waals surface area contributed by atoms with Gasteiger partial charge >= 0.3 is 7.12 Å². The summed E-state index contributed by atoms with van der Waals surface area (Å²) in [7, 11) is -0.337. The van der Waals surface area contributed by atoms with Crippen LogP contribution in [0, 0.1) is 0 Å². The van der Waals surface area contributed by atoms with E-state index in [0.717, 1.165) is 28.5 Å². The van der Waals surface area contributed by atoms with Gasteiger partial charge in [0.15, 0.2) is 0 Å². The third-order valence-corrected chi connectivity index (χ3v) is 5.06. The molecule has 0 aliphatic carbocycles. The second kappa shape index (κ2) is 4.40. The maximum absolute atomic E-state index is 6.04. The Bertz CT molecular complexity index is 491. The van der Waals surface area contributed by atoms with Crippen LogP contribution in [0.2, 0.25) is 0 Å². The number of fused-ring (bicyclic) bond motifs is 1. The molecule has 6 heteroatoms. The average molecular weight is 278 g/mol. The van der Waals surface area contributed by atoms with Crippen molar-refractivity contribution in [2.24, 2.45) is 0 Å². The van der Waals surface area contributed by atoms with Crippen molar-refractivity contribution in [3.63, 3.8) is 0 Å². The third kappa shape index (κ3) is 2.26. The Balaban J connectivity index is 1.88. The first-order valence-corrected chi connectivity index (χ1v) is 7.60. The van der Waals surface area contributed by atoms with Gasteiger partial charge in [0.25, 0.3) is 0 Å². The largest absolute Gasteiger partial charge is 0.496 e.